The monoisotopic (exact) mass is 329 g/mol. The maximum absolute atomic E-state index is 12.4. The van der Waals surface area contributed by atoms with Crippen LogP contribution in [0.15, 0.2) is 24.0 Å². The first-order valence-corrected chi connectivity index (χ1v) is 8.71. The lowest BCUT2D eigenvalue weighted by molar-refractivity contribution is -0.128. The van der Waals surface area contributed by atoms with Crippen molar-refractivity contribution in [3.63, 3.8) is 0 Å². The molecule has 1 amide bonds. The first-order valence-electron chi connectivity index (χ1n) is 7.83. The largest absolute Gasteiger partial charge is 0.356 e. The van der Waals surface area contributed by atoms with Crippen LogP contribution >= 0.6 is 11.3 Å². The van der Waals surface area contributed by atoms with Crippen molar-refractivity contribution in [2.24, 2.45) is 5.41 Å². The summed E-state index contributed by atoms with van der Waals surface area (Å²) < 4.78 is 0. The predicted octanol–water partition coefficient (Wildman–Crippen LogP) is 1.87. The van der Waals surface area contributed by atoms with Crippen LogP contribution in [0.25, 0.3) is 0 Å². The lowest BCUT2D eigenvalue weighted by Gasteiger charge is -2.24. The summed E-state index contributed by atoms with van der Waals surface area (Å²) in [5, 5.41) is 3.10. The average molecular weight is 329 g/mol. The number of carbonyl (C=O) groups excluding carboxylic acids is 1. The fourth-order valence-electron chi connectivity index (χ4n) is 3.68. The van der Waals surface area contributed by atoms with Gasteiger partial charge in [-0.15, -0.1) is 11.3 Å². The molecular weight excluding hydrogens is 310 g/mol. The van der Waals surface area contributed by atoms with Gasteiger partial charge in [-0.2, -0.15) is 0 Å². The van der Waals surface area contributed by atoms with E-state index in [9.17, 15) is 4.79 Å². The highest BCUT2D eigenvalue weighted by molar-refractivity contribution is 7.09. The number of anilines is 1. The molecule has 0 aliphatic carbocycles. The lowest BCUT2D eigenvalue weighted by atomic mass is 9.86. The molecule has 4 heterocycles. The summed E-state index contributed by atoms with van der Waals surface area (Å²) in [4.78, 5) is 29.5. The van der Waals surface area contributed by atoms with Gasteiger partial charge in [-0.1, -0.05) is 0 Å². The third-order valence-electron chi connectivity index (χ3n) is 4.75. The first kappa shape index (κ1) is 14.6. The summed E-state index contributed by atoms with van der Waals surface area (Å²) in [6.07, 6.45) is 5.02. The zero-order chi connectivity index (χ0) is 15.9. The third kappa shape index (κ3) is 2.81. The van der Waals surface area contributed by atoms with Crippen molar-refractivity contribution in [2.75, 3.05) is 24.5 Å². The summed E-state index contributed by atoms with van der Waals surface area (Å²) in [5.41, 5.74) is 1.07. The van der Waals surface area contributed by atoms with Gasteiger partial charge in [-0.05, 0) is 19.4 Å². The van der Waals surface area contributed by atoms with E-state index in [0.717, 1.165) is 42.6 Å². The molecule has 2 aliphatic rings. The fraction of sp³-hybridized carbons (Fsp3) is 0.500. The molecule has 0 aromatic carbocycles. The summed E-state index contributed by atoms with van der Waals surface area (Å²) >= 11 is 1.64. The SMILES string of the molecule is Cc1nc(CN2CC3(CCN(c4ccncn4)C3)CC2=O)cs1. The van der Waals surface area contributed by atoms with Crippen molar-refractivity contribution in [1.29, 1.82) is 0 Å². The molecule has 7 heteroatoms. The molecule has 120 valence electrons. The Morgan fingerprint density at radius 2 is 2.30 bits per heavy atom. The van der Waals surface area contributed by atoms with Crippen LogP contribution in [0.5, 0.6) is 0 Å². The Hall–Kier alpha value is -2.02. The molecule has 2 aromatic heterocycles. The lowest BCUT2D eigenvalue weighted by Crippen LogP contribution is -2.31. The highest BCUT2D eigenvalue weighted by Crippen LogP contribution is 2.41. The van der Waals surface area contributed by atoms with E-state index < -0.39 is 0 Å². The average Bonchev–Trinajstić information content (AvgIpc) is 3.22. The first-order chi connectivity index (χ1) is 11.1. The standard InChI is InChI=1S/C16H19N5OS/c1-12-19-13(8-23-12)7-21-10-16(6-15(21)22)3-5-20(9-16)14-2-4-17-11-18-14/h2,4,8,11H,3,5-7,9-10H2,1H3. The molecule has 0 N–H and O–H groups in total. The predicted molar refractivity (Wildman–Crippen MR) is 88.2 cm³/mol. The van der Waals surface area contributed by atoms with Gasteiger partial charge in [-0.3, -0.25) is 4.79 Å². The quantitative estimate of drug-likeness (QED) is 0.860. The number of carbonyl (C=O) groups is 1. The minimum Gasteiger partial charge on any atom is -0.356 e. The van der Waals surface area contributed by atoms with Crippen molar-refractivity contribution in [2.45, 2.75) is 26.3 Å². The van der Waals surface area contributed by atoms with Crippen LogP contribution in [0.1, 0.15) is 23.5 Å². The number of aromatic nitrogens is 3. The molecular formula is C16H19N5OS. The number of nitrogens with zero attached hydrogens (tertiary/aromatic N) is 5. The smallest absolute Gasteiger partial charge is 0.223 e. The molecule has 6 nitrogen and oxygen atoms in total. The molecule has 0 saturated carbocycles. The molecule has 2 fully saturated rings. The number of rotatable bonds is 3. The van der Waals surface area contributed by atoms with E-state index >= 15 is 0 Å². The van der Waals surface area contributed by atoms with Gasteiger partial charge in [0.15, 0.2) is 0 Å². The van der Waals surface area contributed by atoms with Gasteiger partial charge in [0.05, 0.1) is 17.2 Å². The minimum absolute atomic E-state index is 0.0626. The number of thiazole rings is 1. The second-order valence-corrected chi connectivity index (χ2v) is 7.59. The Morgan fingerprint density at radius 1 is 1.39 bits per heavy atom. The normalized spacial score (nSPS) is 24.1. The van der Waals surface area contributed by atoms with Crippen LogP contribution in [-0.4, -0.2) is 45.4 Å². The van der Waals surface area contributed by atoms with E-state index in [1.165, 1.54) is 0 Å². The summed E-state index contributed by atoms with van der Waals surface area (Å²) in [5.74, 6) is 1.21. The number of likely N-dealkylation sites (tertiary alicyclic amines) is 1. The van der Waals surface area contributed by atoms with Crippen molar-refractivity contribution in [3.8, 4) is 0 Å². The topological polar surface area (TPSA) is 62.2 Å². The van der Waals surface area contributed by atoms with Crippen LogP contribution in [0.3, 0.4) is 0 Å². The van der Waals surface area contributed by atoms with Crippen LogP contribution in [-0.2, 0) is 11.3 Å². The van der Waals surface area contributed by atoms with Gasteiger partial charge in [0, 0.05) is 43.0 Å². The summed E-state index contributed by atoms with van der Waals surface area (Å²) in [6, 6.07) is 1.94. The van der Waals surface area contributed by atoms with Gasteiger partial charge in [0.1, 0.15) is 12.1 Å². The van der Waals surface area contributed by atoms with Crippen LogP contribution < -0.4 is 4.90 Å². The van der Waals surface area contributed by atoms with Crippen LogP contribution in [0, 0.1) is 12.3 Å². The fourth-order valence-corrected chi connectivity index (χ4v) is 4.28. The van der Waals surface area contributed by atoms with Crippen molar-refractivity contribution < 1.29 is 4.79 Å². The molecule has 0 bridgehead atoms. The zero-order valence-electron chi connectivity index (χ0n) is 13.1. The van der Waals surface area contributed by atoms with Crippen molar-refractivity contribution in [3.05, 3.63) is 34.7 Å². The second kappa shape index (κ2) is 5.56. The maximum atomic E-state index is 12.4. The molecule has 23 heavy (non-hydrogen) atoms. The molecule has 2 aromatic rings. The van der Waals surface area contributed by atoms with E-state index in [-0.39, 0.29) is 11.3 Å². The number of hydrogen-bond donors (Lipinski definition) is 0. The molecule has 1 unspecified atom stereocenters. The highest BCUT2D eigenvalue weighted by atomic mass is 32.1. The summed E-state index contributed by atoms with van der Waals surface area (Å²) in [7, 11) is 0. The molecule has 2 aliphatic heterocycles. The van der Waals surface area contributed by atoms with Gasteiger partial charge >= 0.3 is 0 Å². The Balaban J connectivity index is 1.46. The van der Waals surface area contributed by atoms with Gasteiger partial charge in [-0.25, -0.2) is 15.0 Å². The van der Waals surface area contributed by atoms with Crippen molar-refractivity contribution >= 4 is 23.1 Å². The van der Waals surface area contributed by atoms with E-state index in [1.807, 2.05) is 17.9 Å². The number of amides is 1. The van der Waals surface area contributed by atoms with Gasteiger partial charge in [0.25, 0.3) is 0 Å². The molecule has 4 rings (SSSR count). The number of aryl methyl sites for hydroxylation is 1. The highest BCUT2D eigenvalue weighted by Gasteiger charge is 2.47. The van der Waals surface area contributed by atoms with Crippen LogP contribution in [0.4, 0.5) is 5.82 Å². The van der Waals surface area contributed by atoms with Gasteiger partial charge < -0.3 is 9.80 Å². The Morgan fingerprint density at radius 3 is 3.04 bits per heavy atom. The number of hydrogen-bond acceptors (Lipinski definition) is 6. The molecule has 1 spiro atoms. The van der Waals surface area contributed by atoms with Crippen molar-refractivity contribution in [1.82, 2.24) is 19.9 Å². The molecule has 2 saturated heterocycles. The molecule has 1 atom stereocenters. The zero-order valence-corrected chi connectivity index (χ0v) is 13.9. The van der Waals surface area contributed by atoms with E-state index in [4.69, 9.17) is 0 Å². The van der Waals surface area contributed by atoms with Gasteiger partial charge in [0.2, 0.25) is 5.91 Å². The summed E-state index contributed by atoms with van der Waals surface area (Å²) in [6.45, 7) is 5.30. The molecule has 0 radical (unpaired) electrons. The third-order valence-corrected chi connectivity index (χ3v) is 5.58. The Kier molecular flexibility index (Phi) is 3.52. The van der Waals surface area contributed by atoms with Crippen LogP contribution in [0.2, 0.25) is 0 Å². The Labute approximate surface area is 139 Å². The second-order valence-electron chi connectivity index (χ2n) is 6.52. The van der Waals surface area contributed by atoms with E-state index in [1.54, 1.807) is 23.9 Å². The van der Waals surface area contributed by atoms with E-state index in [0.29, 0.717) is 13.0 Å². The van der Waals surface area contributed by atoms with E-state index in [2.05, 4.69) is 25.2 Å². The minimum atomic E-state index is 0.0626. The maximum Gasteiger partial charge on any atom is 0.223 e. The Bertz CT molecular complexity index is 718.